The minimum atomic E-state index is -0.350. The molecule has 1 aliphatic heterocycles. The lowest BCUT2D eigenvalue weighted by Gasteiger charge is -2.34. The van der Waals surface area contributed by atoms with Crippen molar-refractivity contribution in [2.75, 3.05) is 45.2 Å². The average Bonchev–Trinajstić information content (AvgIpc) is 3.12. The molecule has 1 amide bonds. The number of ether oxygens (including phenoxy) is 1. The monoisotopic (exact) mass is 455 g/mol. The van der Waals surface area contributed by atoms with Crippen molar-refractivity contribution in [2.45, 2.75) is 39.7 Å². The molecule has 0 spiro atoms. The number of esters is 1. The van der Waals surface area contributed by atoms with Crippen LogP contribution in [-0.4, -0.2) is 61.5 Å². The first-order valence-electron chi connectivity index (χ1n) is 11.5. The van der Waals surface area contributed by atoms with Crippen LogP contribution in [0.25, 0.3) is 0 Å². The van der Waals surface area contributed by atoms with Crippen LogP contribution in [0.15, 0.2) is 24.3 Å². The molecule has 1 fully saturated rings. The Morgan fingerprint density at radius 3 is 2.59 bits per heavy atom. The number of nitrogens with zero attached hydrogens (tertiary/aromatic N) is 2. The number of nitrogens with one attached hydrogen (secondary N) is 1. The van der Waals surface area contributed by atoms with Gasteiger partial charge in [-0.3, -0.25) is 14.6 Å². The Morgan fingerprint density at radius 1 is 1.16 bits per heavy atom. The van der Waals surface area contributed by atoms with Gasteiger partial charge >= 0.3 is 5.97 Å². The summed E-state index contributed by atoms with van der Waals surface area (Å²) in [6, 6.07) is 8.51. The van der Waals surface area contributed by atoms with Gasteiger partial charge in [0.2, 0.25) is 5.91 Å². The molecule has 7 heteroatoms. The van der Waals surface area contributed by atoms with Crippen molar-refractivity contribution in [2.24, 2.45) is 5.92 Å². The second kappa shape index (κ2) is 10.1. The Balaban J connectivity index is 1.34. The van der Waals surface area contributed by atoms with Crippen LogP contribution in [0.1, 0.15) is 45.3 Å². The predicted octanol–water partition coefficient (Wildman–Crippen LogP) is 3.72. The van der Waals surface area contributed by atoms with Crippen LogP contribution in [-0.2, 0) is 28.9 Å². The van der Waals surface area contributed by atoms with Crippen molar-refractivity contribution in [3.8, 4) is 0 Å². The van der Waals surface area contributed by atoms with Crippen LogP contribution in [0.4, 0.5) is 5.00 Å². The second-order valence-corrected chi connectivity index (χ2v) is 10.2. The Hall–Kier alpha value is -2.22. The molecule has 4 rings (SSSR count). The van der Waals surface area contributed by atoms with E-state index >= 15 is 0 Å². The molecule has 1 N–H and O–H groups in total. The highest BCUT2D eigenvalue weighted by Crippen LogP contribution is 2.40. The Bertz CT molecular complexity index is 979. The Labute approximate surface area is 194 Å². The number of carbonyl (C=O) groups is 2. The number of carbonyl (C=O) groups excluding carboxylic acids is 2. The third kappa shape index (κ3) is 5.22. The summed E-state index contributed by atoms with van der Waals surface area (Å²) in [5.41, 5.74) is 4.32. The minimum Gasteiger partial charge on any atom is -0.465 e. The number of hydrogen-bond donors (Lipinski definition) is 1. The fourth-order valence-electron chi connectivity index (χ4n) is 4.66. The van der Waals surface area contributed by atoms with Gasteiger partial charge in [0.05, 0.1) is 19.2 Å². The number of anilines is 1. The number of thiophene rings is 1. The maximum Gasteiger partial charge on any atom is 0.341 e. The van der Waals surface area contributed by atoms with Gasteiger partial charge in [0, 0.05) is 37.6 Å². The van der Waals surface area contributed by atoms with E-state index in [1.54, 1.807) is 11.3 Å². The molecule has 1 unspecified atom stereocenters. The van der Waals surface area contributed by atoms with Gasteiger partial charge in [0.1, 0.15) is 5.00 Å². The Morgan fingerprint density at radius 2 is 1.88 bits per heavy atom. The number of aryl methyl sites for hydroxylation is 1. The zero-order valence-electron chi connectivity index (χ0n) is 19.3. The molecule has 1 aromatic carbocycles. The van der Waals surface area contributed by atoms with E-state index in [1.165, 1.54) is 23.1 Å². The third-order valence-corrected chi connectivity index (χ3v) is 7.81. The molecule has 172 valence electrons. The van der Waals surface area contributed by atoms with Gasteiger partial charge in [0.15, 0.2) is 0 Å². The first-order valence-corrected chi connectivity index (χ1v) is 12.3. The van der Waals surface area contributed by atoms with E-state index in [4.69, 9.17) is 4.74 Å². The van der Waals surface area contributed by atoms with Crippen molar-refractivity contribution < 1.29 is 14.3 Å². The zero-order chi connectivity index (χ0) is 22.7. The SMILES string of the molecule is COC(=O)c1c(NC(=O)CN2CCN(Cc3ccccc3C)CC2)sc2c1CCC(C)C2. The highest BCUT2D eigenvalue weighted by molar-refractivity contribution is 7.17. The number of hydrogen-bond acceptors (Lipinski definition) is 6. The van der Waals surface area contributed by atoms with Crippen LogP contribution in [0.2, 0.25) is 0 Å². The molecule has 6 nitrogen and oxygen atoms in total. The average molecular weight is 456 g/mol. The molecule has 1 aromatic heterocycles. The van der Waals surface area contributed by atoms with E-state index < -0.39 is 0 Å². The largest absolute Gasteiger partial charge is 0.465 e. The summed E-state index contributed by atoms with van der Waals surface area (Å²) < 4.78 is 5.03. The first kappa shape index (κ1) is 23.0. The topological polar surface area (TPSA) is 61.9 Å². The van der Waals surface area contributed by atoms with E-state index in [9.17, 15) is 9.59 Å². The highest BCUT2D eigenvalue weighted by atomic mass is 32.1. The summed E-state index contributed by atoms with van der Waals surface area (Å²) in [4.78, 5) is 31.1. The molecule has 2 aliphatic rings. The van der Waals surface area contributed by atoms with Gasteiger partial charge in [0.25, 0.3) is 0 Å². The van der Waals surface area contributed by atoms with Crippen LogP contribution in [0.3, 0.4) is 0 Å². The summed E-state index contributed by atoms with van der Waals surface area (Å²) in [5.74, 6) is 0.192. The van der Waals surface area contributed by atoms with Gasteiger partial charge in [-0.2, -0.15) is 0 Å². The summed E-state index contributed by atoms with van der Waals surface area (Å²) in [5, 5.41) is 3.68. The van der Waals surface area contributed by atoms with Crippen molar-refractivity contribution in [1.82, 2.24) is 9.80 Å². The van der Waals surface area contributed by atoms with Gasteiger partial charge in [-0.1, -0.05) is 31.2 Å². The molecule has 2 aromatic rings. The molecule has 0 radical (unpaired) electrons. The van der Waals surface area contributed by atoms with Gasteiger partial charge < -0.3 is 10.1 Å². The number of methoxy groups -OCH3 is 1. The van der Waals surface area contributed by atoms with Crippen molar-refractivity contribution >= 4 is 28.2 Å². The lowest BCUT2D eigenvalue weighted by molar-refractivity contribution is -0.117. The van der Waals surface area contributed by atoms with E-state index in [1.807, 2.05) is 0 Å². The van der Waals surface area contributed by atoms with Crippen molar-refractivity contribution in [1.29, 1.82) is 0 Å². The fourth-order valence-corrected chi connectivity index (χ4v) is 6.08. The molecule has 1 saturated heterocycles. The van der Waals surface area contributed by atoms with Crippen molar-refractivity contribution in [3.63, 3.8) is 0 Å². The summed E-state index contributed by atoms with van der Waals surface area (Å²) >= 11 is 1.54. The third-order valence-electron chi connectivity index (χ3n) is 6.64. The highest BCUT2D eigenvalue weighted by Gasteiger charge is 2.29. The zero-order valence-corrected chi connectivity index (χ0v) is 20.1. The van der Waals surface area contributed by atoms with Gasteiger partial charge in [-0.25, -0.2) is 4.79 Å². The van der Waals surface area contributed by atoms with E-state index in [0.29, 0.717) is 23.0 Å². The van der Waals surface area contributed by atoms with E-state index in [-0.39, 0.29) is 11.9 Å². The number of piperazine rings is 1. The molecule has 2 heterocycles. The van der Waals surface area contributed by atoms with E-state index in [0.717, 1.165) is 57.5 Å². The minimum absolute atomic E-state index is 0.0610. The van der Waals surface area contributed by atoms with Gasteiger partial charge in [-0.05, 0) is 48.8 Å². The van der Waals surface area contributed by atoms with Crippen LogP contribution in [0, 0.1) is 12.8 Å². The number of benzene rings is 1. The standard InChI is InChI=1S/C25H33N3O3S/c1-17-8-9-20-21(14-17)32-24(23(20)25(30)31-3)26-22(29)16-28-12-10-27(11-13-28)15-19-7-5-4-6-18(19)2/h4-7,17H,8-16H2,1-3H3,(H,26,29). The normalized spacial score (nSPS) is 19.4. The van der Waals surface area contributed by atoms with Crippen LogP contribution in [0.5, 0.6) is 0 Å². The predicted molar refractivity (Wildman–Crippen MR) is 128 cm³/mol. The number of rotatable bonds is 6. The lowest BCUT2D eigenvalue weighted by Crippen LogP contribution is -2.48. The molecular weight excluding hydrogens is 422 g/mol. The van der Waals surface area contributed by atoms with Crippen molar-refractivity contribution in [3.05, 3.63) is 51.4 Å². The molecule has 1 aliphatic carbocycles. The quantitative estimate of drug-likeness (QED) is 0.673. The number of amides is 1. The summed E-state index contributed by atoms with van der Waals surface area (Å²) in [7, 11) is 1.40. The molecule has 0 bridgehead atoms. The molecular formula is C25H33N3O3S. The lowest BCUT2D eigenvalue weighted by atomic mass is 9.88. The Kier molecular flexibility index (Phi) is 7.28. The van der Waals surface area contributed by atoms with Crippen LogP contribution >= 0.6 is 11.3 Å². The maximum absolute atomic E-state index is 12.8. The second-order valence-electron chi connectivity index (χ2n) is 9.07. The molecule has 0 saturated carbocycles. The van der Waals surface area contributed by atoms with Gasteiger partial charge in [-0.15, -0.1) is 11.3 Å². The number of fused-ring (bicyclic) bond motifs is 1. The maximum atomic E-state index is 12.8. The fraction of sp³-hybridized carbons (Fsp3) is 0.520. The smallest absolute Gasteiger partial charge is 0.341 e. The molecule has 1 atom stereocenters. The van der Waals surface area contributed by atoms with Crippen LogP contribution < -0.4 is 5.32 Å². The first-order chi connectivity index (χ1) is 15.4. The summed E-state index contributed by atoms with van der Waals surface area (Å²) in [6.45, 7) is 9.30. The molecule has 32 heavy (non-hydrogen) atoms. The summed E-state index contributed by atoms with van der Waals surface area (Å²) in [6.07, 6.45) is 2.90. The van der Waals surface area contributed by atoms with E-state index in [2.05, 4.69) is 53.2 Å².